The molecule has 0 aliphatic heterocycles. The van der Waals surface area contributed by atoms with E-state index < -0.39 is 0 Å². The maximum Gasteiger partial charge on any atom is 0.163 e. The molecular weight excluding hydrogens is 793 g/mol. The quantitative estimate of drug-likeness (QED) is 0.0709. The van der Waals surface area contributed by atoms with E-state index >= 15 is 0 Å². The Balaban J connectivity index is 1.07. The van der Waals surface area contributed by atoms with Crippen molar-refractivity contribution in [3.05, 3.63) is 57.4 Å². The first-order valence-electron chi connectivity index (χ1n) is 28.2. The van der Waals surface area contributed by atoms with Crippen LogP contribution in [0.25, 0.3) is 0 Å². The third-order valence-electron chi connectivity index (χ3n) is 19.3. The predicted molar refractivity (Wildman–Crippen MR) is 280 cm³/mol. The Labute approximate surface area is 402 Å². The van der Waals surface area contributed by atoms with Gasteiger partial charge in [0, 0.05) is 12.0 Å². The van der Waals surface area contributed by atoms with E-state index in [0.717, 1.165) is 127 Å². The van der Waals surface area contributed by atoms with E-state index in [1.165, 1.54) is 115 Å². The lowest BCUT2D eigenvalue weighted by Crippen LogP contribution is -2.39. The Morgan fingerprint density at radius 1 is 0.708 bits per heavy atom. The number of aliphatic hydroxyl groups is 2. The lowest BCUT2D eigenvalue weighted by Gasteiger charge is -2.49. The molecule has 0 aromatic rings. The summed E-state index contributed by atoms with van der Waals surface area (Å²) in [7, 11) is 0. The molecule has 11 atom stereocenters. The fourth-order valence-corrected chi connectivity index (χ4v) is 14.4. The number of unbranched alkanes of at least 4 members (excludes halogenated alkanes) is 2. The molecule has 0 saturated heterocycles. The first kappa shape index (κ1) is 54.1. The second-order valence-electron chi connectivity index (χ2n) is 25.3. The molecule has 0 radical (unpaired) electrons. The molecule has 0 spiro atoms. The first-order valence-corrected chi connectivity index (χ1v) is 28.2. The number of aliphatic hydroxyl groups excluding tert-OH is 2. The predicted octanol–water partition coefficient (Wildman–Crippen LogP) is 18.4. The number of hydrogen-bond donors (Lipinski definition) is 2. The van der Waals surface area contributed by atoms with Gasteiger partial charge in [-0.05, 0) is 185 Å². The van der Waals surface area contributed by atoms with Gasteiger partial charge in [-0.25, -0.2) is 0 Å². The highest BCUT2D eigenvalue weighted by atomic mass is 16.3. The van der Waals surface area contributed by atoms with Crippen molar-refractivity contribution in [2.24, 2.45) is 70.0 Å². The molecule has 5 rings (SSSR count). The highest BCUT2D eigenvalue weighted by molar-refractivity contribution is 6.01. The molecule has 370 valence electrons. The van der Waals surface area contributed by atoms with Crippen LogP contribution in [0.5, 0.6) is 0 Å². The topological polar surface area (TPSA) is 57.5 Å². The molecular formula is C62H104O3. The van der Waals surface area contributed by atoms with E-state index in [1.807, 2.05) is 0 Å². The SMILES string of the molecule is CC1=C(\C)C(C)(CCCC(C)CCCC(C)CCCC(C)C)CCC(=C\O)/C(C)=C\1C(=O)CCCCCC(O)C1CCC2C(=CC=C3C2CCC2(C)CC([C@@H](C)CCCC(C)C)CC32)C1. The molecule has 0 aromatic heterocycles. The highest BCUT2D eigenvalue weighted by Gasteiger charge is 2.52. The van der Waals surface area contributed by atoms with Gasteiger partial charge in [0.2, 0.25) is 0 Å². The van der Waals surface area contributed by atoms with Crippen molar-refractivity contribution in [1.29, 1.82) is 0 Å². The number of hydrogen-bond acceptors (Lipinski definition) is 3. The third kappa shape index (κ3) is 14.6. The van der Waals surface area contributed by atoms with Crippen molar-refractivity contribution in [3.63, 3.8) is 0 Å². The molecule has 3 saturated carbocycles. The standard InChI is InChI=1S/C62H104O3/c1-42(2)20-16-22-44(5)23-18-24-45(6)25-19-35-61(11)36-33-52(41-63)48(9)60(47(8)49(61)10)59(65)28-15-13-14-27-58(64)51-30-31-54-50(38-51)29-32-56-55(54)34-37-62(12)40-53(39-57(56)62)46(7)26-17-21-43(3)4/h29,32,41-46,51,53-55,57-58,63-64H,13-28,30-31,33-40H2,1-12H3/b49-47-,52-41+,60-48+/t44?,45?,46-,51?,53?,54?,55?,57?,58?,61?,62?/m0/s1. The van der Waals surface area contributed by atoms with Gasteiger partial charge in [0.1, 0.15) is 0 Å². The molecule has 5 aliphatic carbocycles. The summed E-state index contributed by atoms with van der Waals surface area (Å²) in [5.41, 5.74) is 9.18. The molecule has 0 amide bonds. The summed E-state index contributed by atoms with van der Waals surface area (Å²) in [5, 5.41) is 21.9. The van der Waals surface area contributed by atoms with Crippen molar-refractivity contribution in [2.45, 2.75) is 256 Å². The number of ketones is 1. The van der Waals surface area contributed by atoms with Gasteiger partial charge in [-0.2, -0.15) is 0 Å². The van der Waals surface area contributed by atoms with Crippen molar-refractivity contribution in [2.75, 3.05) is 0 Å². The van der Waals surface area contributed by atoms with Gasteiger partial charge in [-0.15, -0.1) is 0 Å². The highest BCUT2D eigenvalue weighted by Crippen LogP contribution is 2.62. The number of allylic oxidation sites excluding steroid dienone is 9. The number of fused-ring (bicyclic) bond motifs is 5. The molecule has 3 heteroatoms. The Kier molecular flexibility index (Phi) is 20.9. The maximum atomic E-state index is 14.1. The summed E-state index contributed by atoms with van der Waals surface area (Å²) in [6.45, 7) is 28.4. The van der Waals surface area contributed by atoms with Crippen LogP contribution in [-0.2, 0) is 4.79 Å². The molecule has 2 N–H and O–H groups in total. The molecule has 0 bridgehead atoms. The zero-order valence-corrected chi connectivity index (χ0v) is 44.8. The first-order chi connectivity index (χ1) is 30.9. The van der Waals surface area contributed by atoms with Crippen molar-refractivity contribution >= 4 is 5.78 Å². The van der Waals surface area contributed by atoms with E-state index in [0.29, 0.717) is 23.7 Å². The summed E-state index contributed by atoms with van der Waals surface area (Å²) in [6, 6.07) is 0. The van der Waals surface area contributed by atoms with Gasteiger partial charge >= 0.3 is 0 Å². The normalized spacial score (nSPS) is 33.2. The van der Waals surface area contributed by atoms with Crippen LogP contribution >= 0.6 is 0 Å². The number of rotatable bonds is 25. The van der Waals surface area contributed by atoms with Crippen LogP contribution in [0.4, 0.5) is 0 Å². The fraction of sp³-hybridized carbons (Fsp3) is 0.823. The summed E-state index contributed by atoms with van der Waals surface area (Å²) in [4.78, 5) is 14.1. The van der Waals surface area contributed by atoms with E-state index in [-0.39, 0.29) is 17.3 Å². The Morgan fingerprint density at radius 2 is 1.35 bits per heavy atom. The van der Waals surface area contributed by atoms with Crippen LogP contribution in [-0.4, -0.2) is 22.1 Å². The van der Waals surface area contributed by atoms with Crippen molar-refractivity contribution < 1.29 is 15.0 Å². The second-order valence-corrected chi connectivity index (χ2v) is 25.3. The van der Waals surface area contributed by atoms with E-state index in [4.69, 9.17) is 0 Å². The van der Waals surface area contributed by atoms with Gasteiger partial charge in [0.05, 0.1) is 12.4 Å². The molecule has 5 aliphatic rings. The molecule has 10 unspecified atom stereocenters. The number of carbonyl (C=O) groups excluding carboxylic acids is 1. The fourth-order valence-electron chi connectivity index (χ4n) is 14.4. The van der Waals surface area contributed by atoms with Crippen LogP contribution in [0.2, 0.25) is 0 Å². The zero-order chi connectivity index (χ0) is 47.5. The molecule has 0 aromatic carbocycles. The summed E-state index contributed by atoms with van der Waals surface area (Å²) < 4.78 is 0. The van der Waals surface area contributed by atoms with E-state index in [2.05, 4.69) is 95.2 Å². The van der Waals surface area contributed by atoms with Crippen LogP contribution in [0.3, 0.4) is 0 Å². The average Bonchev–Trinajstić information content (AvgIpc) is 3.63. The number of Topliss-reactive ketones (excluding diaryl/α,β-unsaturated/α-hetero) is 1. The minimum Gasteiger partial charge on any atom is -0.515 e. The van der Waals surface area contributed by atoms with Gasteiger partial charge in [-0.3, -0.25) is 4.79 Å². The summed E-state index contributed by atoms with van der Waals surface area (Å²) in [5.74, 6) is 7.76. The van der Waals surface area contributed by atoms with Crippen LogP contribution < -0.4 is 0 Å². The molecule has 3 fully saturated rings. The van der Waals surface area contributed by atoms with E-state index in [9.17, 15) is 15.0 Å². The van der Waals surface area contributed by atoms with Gasteiger partial charge in [-0.1, -0.05) is 175 Å². The van der Waals surface area contributed by atoms with Crippen molar-refractivity contribution in [3.8, 4) is 0 Å². The van der Waals surface area contributed by atoms with Crippen molar-refractivity contribution in [1.82, 2.24) is 0 Å². The molecule has 0 heterocycles. The van der Waals surface area contributed by atoms with Gasteiger partial charge in [0.25, 0.3) is 0 Å². The van der Waals surface area contributed by atoms with Crippen LogP contribution in [0.1, 0.15) is 250 Å². The van der Waals surface area contributed by atoms with Gasteiger partial charge in [0.15, 0.2) is 5.78 Å². The van der Waals surface area contributed by atoms with Crippen LogP contribution in [0, 0.1) is 70.0 Å². The Morgan fingerprint density at radius 3 is 2.02 bits per heavy atom. The Hall–Kier alpha value is -1.87. The lowest BCUT2D eigenvalue weighted by atomic mass is 9.56. The minimum atomic E-state index is -0.255. The lowest BCUT2D eigenvalue weighted by molar-refractivity contribution is -0.115. The van der Waals surface area contributed by atoms with Gasteiger partial charge < -0.3 is 10.2 Å². The van der Waals surface area contributed by atoms with Crippen LogP contribution in [0.15, 0.2) is 57.4 Å². The third-order valence-corrected chi connectivity index (χ3v) is 19.3. The smallest absolute Gasteiger partial charge is 0.163 e. The maximum absolute atomic E-state index is 14.1. The zero-order valence-electron chi connectivity index (χ0n) is 44.8. The number of carbonyl (C=O) groups is 1. The minimum absolute atomic E-state index is 0.0133. The largest absolute Gasteiger partial charge is 0.515 e. The average molecular weight is 898 g/mol. The molecule has 65 heavy (non-hydrogen) atoms. The Bertz CT molecular complexity index is 1680. The second kappa shape index (κ2) is 25.1. The van der Waals surface area contributed by atoms with E-state index in [1.54, 1.807) is 11.1 Å². The molecule has 3 nitrogen and oxygen atoms in total. The monoisotopic (exact) mass is 897 g/mol. The summed E-state index contributed by atoms with van der Waals surface area (Å²) in [6.07, 6.45) is 37.1. The summed E-state index contributed by atoms with van der Waals surface area (Å²) >= 11 is 0.